The molecule has 0 bridgehead atoms. The third-order valence-corrected chi connectivity index (χ3v) is 3.60. The smallest absolute Gasteiger partial charge is 0.144 e. The van der Waals surface area contributed by atoms with Crippen LogP contribution in [0.15, 0.2) is 10.2 Å². The lowest BCUT2D eigenvalue weighted by molar-refractivity contribution is -0.908. The molecule has 0 aromatic heterocycles. The van der Waals surface area contributed by atoms with Crippen molar-refractivity contribution >= 4 is 11.6 Å². The second kappa shape index (κ2) is 7.26. The first-order valence-electron chi connectivity index (χ1n) is 6.53. The minimum atomic E-state index is -0.106. The molecule has 0 amide bonds. The molecule has 0 saturated carbocycles. The molecule has 0 aromatic carbocycles. The number of nitrogens with zero attached hydrogens (tertiary/aromatic N) is 2. The van der Waals surface area contributed by atoms with Crippen LogP contribution < -0.4 is 10.2 Å². The zero-order valence-electron chi connectivity index (χ0n) is 10.2. The molecule has 2 rings (SSSR count). The van der Waals surface area contributed by atoms with Gasteiger partial charge in [0, 0.05) is 13.0 Å². The average Bonchev–Trinajstić information content (AvgIpc) is 2.38. The first-order valence-corrected chi connectivity index (χ1v) is 6.97. The Morgan fingerprint density at radius 1 is 1.24 bits per heavy atom. The Labute approximate surface area is 108 Å². The molecule has 98 valence electrons. The highest BCUT2D eigenvalue weighted by molar-refractivity contribution is 6.20. The highest BCUT2D eigenvalue weighted by atomic mass is 35.5. The monoisotopic (exact) mass is 261 g/mol. The number of quaternary nitrogens is 1. The highest BCUT2D eigenvalue weighted by Crippen LogP contribution is 2.16. The van der Waals surface area contributed by atoms with E-state index >= 15 is 0 Å². The number of hydrogen-bond acceptors (Lipinski definition) is 4. The van der Waals surface area contributed by atoms with Gasteiger partial charge in [0.15, 0.2) is 0 Å². The van der Waals surface area contributed by atoms with E-state index < -0.39 is 0 Å². The molecule has 2 unspecified atom stereocenters. The maximum atomic E-state index is 5.84. The summed E-state index contributed by atoms with van der Waals surface area (Å²) >= 11 is 5.84. The summed E-state index contributed by atoms with van der Waals surface area (Å²) in [5.41, 5.74) is -0.106. The molecule has 0 radical (unpaired) electrons. The lowest BCUT2D eigenvalue weighted by Gasteiger charge is -2.24. The largest absolute Gasteiger partial charge is 0.370 e. The summed E-state index contributed by atoms with van der Waals surface area (Å²) in [6.45, 7) is 6.36. The molecule has 17 heavy (non-hydrogen) atoms. The standard InChI is InChI=1S/C11H21ClN4O/c12-10-2-3-11(15-14-10)13-4-1-5-16-6-8-17-9-7-16/h10-11,13H,1-9H2/p+1. The number of nitrogens with one attached hydrogen (secondary N) is 2. The van der Waals surface area contributed by atoms with Gasteiger partial charge in [-0.2, -0.15) is 10.2 Å². The lowest BCUT2D eigenvalue weighted by atomic mass is 10.2. The molecule has 2 heterocycles. The lowest BCUT2D eigenvalue weighted by Crippen LogP contribution is -3.14. The van der Waals surface area contributed by atoms with Crippen LogP contribution in [0.25, 0.3) is 0 Å². The van der Waals surface area contributed by atoms with Gasteiger partial charge < -0.3 is 9.64 Å². The van der Waals surface area contributed by atoms with Gasteiger partial charge in [0.25, 0.3) is 0 Å². The molecule has 0 aromatic rings. The number of alkyl halides is 1. The fourth-order valence-electron chi connectivity index (χ4n) is 2.22. The molecule has 2 atom stereocenters. The van der Waals surface area contributed by atoms with Gasteiger partial charge in [-0.25, -0.2) is 0 Å². The summed E-state index contributed by atoms with van der Waals surface area (Å²) in [6, 6.07) is 0. The quantitative estimate of drug-likeness (QED) is 0.416. The molecule has 0 spiro atoms. The van der Waals surface area contributed by atoms with E-state index in [1.165, 1.54) is 13.0 Å². The first-order chi connectivity index (χ1) is 8.34. The Morgan fingerprint density at radius 2 is 2.06 bits per heavy atom. The van der Waals surface area contributed by atoms with E-state index in [2.05, 4.69) is 15.5 Å². The summed E-state index contributed by atoms with van der Waals surface area (Å²) in [7, 11) is 0. The molecule has 1 saturated heterocycles. The predicted molar refractivity (Wildman–Crippen MR) is 66.5 cm³/mol. The molecule has 6 heteroatoms. The summed E-state index contributed by atoms with van der Waals surface area (Å²) < 4.78 is 5.33. The Morgan fingerprint density at radius 3 is 2.76 bits per heavy atom. The van der Waals surface area contributed by atoms with Gasteiger partial charge >= 0.3 is 0 Å². The maximum Gasteiger partial charge on any atom is 0.144 e. The molecule has 0 aliphatic carbocycles. The first kappa shape index (κ1) is 13.2. The zero-order chi connectivity index (χ0) is 11.9. The van der Waals surface area contributed by atoms with Gasteiger partial charge in [-0.05, 0) is 12.8 Å². The van der Waals surface area contributed by atoms with Crippen molar-refractivity contribution < 1.29 is 9.64 Å². The molecule has 2 aliphatic heterocycles. The Hall–Kier alpha value is -0.230. The minimum Gasteiger partial charge on any atom is -0.370 e. The van der Waals surface area contributed by atoms with Gasteiger partial charge in [-0.1, -0.05) is 11.6 Å². The zero-order valence-corrected chi connectivity index (χ0v) is 11.0. The fourth-order valence-corrected chi connectivity index (χ4v) is 2.40. The third-order valence-electron chi connectivity index (χ3n) is 3.30. The van der Waals surface area contributed by atoms with Crippen LogP contribution in [-0.2, 0) is 4.74 Å². The molecular weight excluding hydrogens is 240 g/mol. The van der Waals surface area contributed by atoms with Gasteiger partial charge in [0.1, 0.15) is 24.8 Å². The Bertz CT molecular complexity index is 246. The molecule has 2 aliphatic rings. The van der Waals surface area contributed by atoms with Crippen LogP contribution in [0.2, 0.25) is 0 Å². The van der Waals surface area contributed by atoms with Gasteiger partial charge in [0.2, 0.25) is 0 Å². The Balaban J connectivity index is 1.52. The van der Waals surface area contributed by atoms with Crippen LogP contribution in [0.3, 0.4) is 0 Å². The third kappa shape index (κ3) is 4.87. The molecule has 5 nitrogen and oxygen atoms in total. The van der Waals surface area contributed by atoms with E-state index in [-0.39, 0.29) is 11.7 Å². The van der Waals surface area contributed by atoms with Crippen molar-refractivity contribution in [3.05, 3.63) is 0 Å². The van der Waals surface area contributed by atoms with Crippen LogP contribution in [-0.4, -0.2) is 51.1 Å². The number of rotatable bonds is 5. The summed E-state index contributed by atoms with van der Waals surface area (Å²) in [6.07, 6.45) is 3.30. The summed E-state index contributed by atoms with van der Waals surface area (Å²) in [5.74, 6) is 0. The van der Waals surface area contributed by atoms with Crippen molar-refractivity contribution in [3.8, 4) is 0 Å². The van der Waals surface area contributed by atoms with E-state index in [0.717, 1.165) is 45.7 Å². The summed E-state index contributed by atoms with van der Waals surface area (Å²) in [4.78, 5) is 1.66. The molecular formula is C11H22ClN4O+. The summed E-state index contributed by atoms with van der Waals surface area (Å²) in [5, 5.41) is 11.6. The van der Waals surface area contributed by atoms with Crippen LogP contribution in [0.5, 0.6) is 0 Å². The van der Waals surface area contributed by atoms with Gasteiger partial charge in [0.05, 0.1) is 19.8 Å². The van der Waals surface area contributed by atoms with Crippen molar-refractivity contribution in [1.82, 2.24) is 5.32 Å². The molecule has 2 N–H and O–H groups in total. The predicted octanol–water partition coefficient (Wildman–Crippen LogP) is 0.0182. The molecule has 1 fully saturated rings. The van der Waals surface area contributed by atoms with Crippen LogP contribution >= 0.6 is 11.6 Å². The van der Waals surface area contributed by atoms with Crippen molar-refractivity contribution in [2.75, 3.05) is 39.4 Å². The van der Waals surface area contributed by atoms with E-state index in [1.807, 2.05) is 0 Å². The Kier molecular flexibility index (Phi) is 5.64. The van der Waals surface area contributed by atoms with E-state index in [4.69, 9.17) is 16.3 Å². The number of ether oxygens (including phenoxy) is 1. The number of azo groups is 1. The topological polar surface area (TPSA) is 50.4 Å². The van der Waals surface area contributed by atoms with Crippen LogP contribution in [0.1, 0.15) is 19.3 Å². The SMILES string of the molecule is ClC1CCC(NCCC[NH+]2CCOCC2)N=N1. The second-order valence-corrected chi connectivity index (χ2v) is 5.18. The van der Waals surface area contributed by atoms with Crippen molar-refractivity contribution in [2.24, 2.45) is 10.2 Å². The second-order valence-electron chi connectivity index (χ2n) is 4.68. The number of halogens is 1. The fraction of sp³-hybridized carbons (Fsp3) is 1.00. The van der Waals surface area contributed by atoms with Gasteiger partial charge in [-0.15, -0.1) is 0 Å². The van der Waals surface area contributed by atoms with E-state index in [9.17, 15) is 0 Å². The highest BCUT2D eigenvalue weighted by Gasteiger charge is 2.16. The van der Waals surface area contributed by atoms with Crippen molar-refractivity contribution in [2.45, 2.75) is 30.9 Å². The number of morpholine rings is 1. The normalized spacial score (nSPS) is 30.6. The van der Waals surface area contributed by atoms with Crippen molar-refractivity contribution in [3.63, 3.8) is 0 Å². The van der Waals surface area contributed by atoms with Crippen molar-refractivity contribution in [1.29, 1.82) is 0 Å². The van der Waals surface area contributed by atoms with Gasteiger partial charge in [-0.3, -0.25) is 5.32 Å². The number of hydrogen-bond donors (Lipinski definition) is 2. The minimum absolute atomic E-state index is 0.106. The average molecular weight is 262 g/mol. The van der Waals surface area contributed by atoms with E-state index in [1.54, 1.807) is 4.90 Å². The van der Waals surface area contributed by atoms with Crippen LogP contribution in [0.4, 0.5) is 0 Å². The maximum absolute atomic E-state index is 5.84. The van der Waals surface area contributed by atoms with Crippen LogP contribution in [0, 0.1) is 0 Å². The van der Waals surface area contributed by atoms with E-state index in [0.29, 0.717) is 0 Å².